The first kappa shape index (κ1) is 18.9. The molecule has 0 aliphatic rings. The number of rotatable bonds is 6. The Morgan fingerprint density at radius 3 is 2.50 bits per heavy atom. The maximum atomic E-state index is 12.5. The molecule has 0 bridgehead atoms. The Hall–Kier alpha value is -1.41. The highest BCUT2D eigenvalue weighted by atomic mass is 35.5. The molecule has 2 rings (SSSR count). The average Bonchev–Trinajstić information content (AvgIpc) is 3.03. The Morgan fingerprint density at radius 2 is 1.96 bits per heavy atom. The molecule has 0 saturated heterocycles. The van der Waals surface area contributed by atoms with Crippen molar-refractivity contribution in [2.45, 2.75) is 31.0 Å². The van der Waals surface area contributed by atoms with Crippen LogP contribution in [0.5, 0.6) is 0 Å². The first-order chi connectivity index (χ1) is 11.2. The lowest BCUT2D eigenvalue weighted by Crippen LogP contribution is -2.46. The molecule has 0 aliphatic carbocycles. The first-order valence-corrected chi connectivity index (χ1v) is 10.1. The number of amides is 1. The molecular formula is C16H19ClN2O3S2. The van der Waals surface area contributed by atoms with E-state index in [0.717, 1.165) is 16.9 Å². The second-order valence-corrected chi connectivity index (χ2v) is 9.02. The second-order valence-electron chi connectivity index (χ2n) is 5.73. The van der Waals surface area contributed by atoms with Crippen molar-refractivity contribution in [2.75, 3.05) is 5.32 Å². The molecule has 2 N–H and O–H groups in total. The summed E-state index contributed by atoms with van der Waals surface area (Å²) in [5, 5.41) is 4.92. The standard InChI is InChI=1S/C16H19ClN2O3S2/c1-10(2)15(19-24(21,22)14-5-4-8-23-14)16(20)18-12-7-6-11(3)13(17)9-12/h4-10,15,19H,1-3H3,(H,18,20)/t15-/m0/s1. The van der Waals surface area contributed by atoms with Gasteiger partial charge in [-0.05, 0) is 42.0 Å². The van der Waals surface area contributed by atoms with Crippen LogP contribution in [0.2, 0.25) is 5.02 Å². The Labute approximate surface area is 151 Å². The van der Waals surface area contributed by atoms with E-state index >= 15 is 0 Å². The van der Waals surface area contributed by atoms with Crippen LogP contribution in [0.1, 0.15) is 19.4 Å². The minimum absolute atomic E-state index is 0.180. The van der Waals surface area contributed by atoms with Gasteiger partial charge in [-0.3, -0.25) is 4.79 Å². The molecule has 0 saturated carbocycles. The highest BCUT2D eigenvalue weighted by Crippen LogP contribution is 2.21. The average molecular weight is 387 g/mol. The molecule has 0 fully saturated rings. The molecule has 1 amide bonds. The Bertz CT molecular complexity index is 818. The van der Waals surface area contributed by atoms with Crippen molar-refractivity contribution in [2.24, 2.45) is 5.92 Å². The molecule has 0 spiro atoms. The van der Waals surface area contributed by atoms with E-state index in [-0.39, 0.29) is 10.1 Å². The molecule has 1 aromatic heterocycles. The lowest BCUT2D eigenvalue weighted by atomic mass is 10.0. The number of halogens is 1. The number of anilines is 1. The maximum absolute atomic E-state index is 12.5. The van der Waals surface area contributed by atoms with E-state index in [1.54, 1.807) is 43.5 Å². The fraction of sp³-hybridized carbons (Fsp3) is 0.312. The third kappa shape index (κ3) is 4.57. The number of hydrogen-bond acceptors (Lipinski definition) is 4. The van der Waals surface area contributed by atoms with Gasteiger partial charge in [0.1, 0.15) is 10.3 Å². The molecule has 1 aromatic carbocycles. The number of carbonyl (C=O) groups is 1. The monoisotopic (exact) mass is 386 g/mol. The van der Waals surface area contributed by atoms with E-state index < -0.39 is 22.0 Å². The summed E-state index contributed by atoms with van der Waals surface area (Å²) in [6.07, 6.45) is 0. The van der Waals surface area contributed by atoms with Crippen molar-refractivity contribution in [1.82, 2.24) is 4.72 Å². The quantitative estimate of drug-likeness (QED) is 0.795. The molecule has 1 heterocycles. The van der Waals surface area contributed by atoms with Crippen molar-refractivity contribution < 1.29 is 13.2 Å². The normalized spacial score (nSPS) is 13.0. The number of thiophene rings is 1. The zero-order valence-corrected chi connectivity index (χ0v) is 15.9. The van der Waals surface area contributed by atoms with Crippen molar-refractivity contribution in [1.29, 1.82) is 0 Å². The van der Waals surface area contributed by atoms with Crippen LogP contribution in [0.4, 0.5) is 5.69 Å². The Morgan fingerprint density at radius 1 is 1.25 bits per heavy atom. The highest BCUT2D eigenvalue weighted by molar-refractivity contribution is 7.91. The molecule has 8 heteroatoms. The van der Waals surface area contributed by atoms with Crippen molar-refractivity contribution >= 4 is 44.6 Å². The topological polar surface area (TPSA) is 75.3 Å². The van der Waals surface area contributed by atoms with Gasteiger partial charge in [-0.2, -0.15) is 4.72 Å². The van der Waals surface area contributed by atoms with Crippen LogP contribution < -0.4 is 10.0 Å². The summed E-state index contributed by atoms with van der Waals surface area (Å²) in [7, 11) is -3.73. The van der Waals surface area contributed by atoms with E-state index in [4.69, 9.17) is 11.6 Å². The van der Waals surface area contributed by atoms with E-state index in [0.29, 0.717) is 10.7 Å². The van der Waals surface area contributed by atoms with Gasteiger partial charge in [0.15, 0.2) is 0 Å². The largest absolute Gasteiger partial charge is 0.325 e. The van der Waals surface area contributed by atoms with Gasteiger partial charge in [0.2, 0.25) is 5.91 Å². The molecule has 0 aliphatic heterocycles. The lowest BCUT2D eigenvalue weighted by molar-refractivity contribution is -0.118. The molecule has 24 heavy (non-hydrogen) atoms. The summed E-state index contributed by atoms with van der Waals surface area (Å²) in [5.74, 6) is -0.647. The van der Waals surface area contributed by atoms with Crippen LogP contribution in [0, 0.1) is 12.8 Å². The number of nitrogens with one attached hydrogen (secondary N) is 2. The van der Waals surface area contributed by atoms with Gasteiger partial charge in [-0.1, -0.05) is 37.6 Å². The molecule has 0 radical (unpaired) electrons. The Kier molecular flexibility index (Phi) is 6.03. The van der Waals surface area contributed by atoms with E-state index in [1.165, 1.54) is 6.07 Å². The number of carbonyl (C=O) groups excluding carboxylic acids is 1. The predicted molar refractivity (Wildman–Crippen MR) is 98.1 cm³/mol. The minimum Gasteiger partial charge on any atom is -0.325 e. The first-order valence-electron chi connectivity index (χ1n) is 7.33. The molecule has 5 nitrogen and oxygen atoms in total. The summed E-state index contributed by atoms with van der Waals surface area (Å²) < 4.78 is 27.4. The summed E-state index contributed by atoms with van der Waals surface area (Å²) in [4.78, 5) is 12.5. The summed E-state index contributed by atoms with van der Waals surface area (Å²) >= 11 is 7.16. The fourth-order valence-corrected chi connectivity index (χ4v) is 4.56. The summed E-state index contributed by atoms with van der Waals surface area (Å²) in [5.41, 5.74) is 1.42. The van der Waals surface area contributed by atoms with Crippen LogP contribution in [0.15, 0.2) is 39.9 Å². The molecule has 0 unspecified atom stereocenters. The highest BCUT2D eigenvalue weighted by Gasteiger charge is 2.29. The zero-order valence-electron chi connectivity index (χ0n) is 13.5. The van der Waals surface area contributed by atoms with Crippen LogP contribution in [-0.2, 0) is 14.8 Å². The van der Waals surface area contributed by atoms with Gasteiger partial charge in [0, 0.05) is 10.7 Å². The number of sulfonamides is 1. The fourth-order valence-electron chi connectivity index (χ4n) is 2.02. The number of aryl methyl sites for hydroxylation is 1. The second kappa shape index (κ2) is 7.65. The Balaban J connectivity index is 2.18. The summed E-state index contributed by atoms with van der Waals surface area (Å²) in [6.45, 7) is 5.42. The summed E-state index contributed by atoms with van der Waals surface area (Å²) in [6, 6.07) is 7.42. The molecule has 1 atom stereocenters. The van der Waals surface area contributed by atoms with Gasteiger partial charge in [-0.25, -0.2) is 8.42 Å². The lowest BCUT2D eigenvalue weighted by Gasteiger charge is -2.21. The molecule has 130 valence electrons. The minimum atomic E-state index is -3.73. The van der Waals surface area contributed by atoms with Gasteiger partial charge < -0.3 is 5.32 Å². The predicted octanol–water partition coefficient (Wildman–Crippen LogP) is 3.65. The SMILES string of the molecule is Cc1ccc(NC(=O)[C@@H](NS(=O)(=O)c2cccs2)C(C)C)cc1Cl. The zero-order chi connectivity index (χ0) is 17.9. The number of benzene rings is 1. The number of hydrogen-bond donors (Lipinski definition) is 2. The van der Waals surface area contributed by atoms with Crippen LogP contribution >= 0.6 is 22.9 Å². The van der Waals surface area contributed by atoms with E-state index in [1.807, 2.05) is 6.92 Å². The van der Waals surface area contributed by atoms with Crippen molar-refractivity contribution in [3.8, 4) is 0 Å². The third-order valence-electron chi connectivity index (χ3n) is 3.43. The van der Waals surface area contributed by atoms with Crippen LogP contribution in [-0.4, -0.2) is 20.4 Å². The van der Waals surface area contributed by atoms with Gasteiger partial charge in [0.05, 0.1) is 0 Å². The third-order valence-corrected chi connectivity index (χ3v) is 6.68. The van der Waals surface area contributed by atoms with E-state index in [9.17, 15) is 13.2 Å². The molecule has 2 aromatic rings. The van der Waals surface area contributed by atoms with Gasteiger partial charge in [0.25, 0.3) is 10.0 Å². The van der Waals surface area contributed by atoms with Crippen molar-refractivity contribution in [3.05, 3.63) is 46.3 Å². The maximum Gasteiger partial charge on any atom is 0.250 e. The van der Waals surface area contributed by atoms with Crippen LogP contribution in [0.3, 0.4) is 0 Å². The van der Waals surface area contributed by atoms with Crippen molar-refractivity contribution in [3.63, 3.8) is 0 Å². The van der Waals surface area contributed by atoms with Gasteiger partial charge >= 0.3 is 0 Å². The smallest absolute Gasteiger partial charge is 0.250 e. The van der Waals surface area contributed by atoms with E-state index in [2.05, 4.69) is 10.0 Å². The van der Waals surface area contributed by atoms with Gasteiger partial charge in [-0.15, -0.1) is 11.3 Å². The molecular weight excluding hydrogens is 368 g/mol. The van der Waals surface area contributed by atoms with Crippen LogP contribution in [0.25, 0.3) is 0 Å².